The molecule has 4 rings (SSSR count). The van der Waals surface area contributed by atoms with E-state index in [0.717, 1.165) is 36.0 Å². The lowest BCUT2D eigenvalue weighted by Gasteiger charge is -2.16. The van der Waals surface area contributed by atoms with Crippen molar-refractivity contribution in [2.24, 2.45) is 0 Å². The molecule has 1 unspecified atom stereocenters. The van der Waals surface area contributed by atoms with Crippen LogP contribution >= 0.6 is 0 Å². The molecule has 8 heteroatoms. The molecule has 2 aliphatic rings. The topological polar surface area (TPSA) is 74.9 Å². The number of hydrogen-bond acceptors (Lipinski definition) is 5. The maximum atomic E-state index is 11.8. The van der Waals surface area contributed by atoms with E-state index < -0.39 is 9.84 Å². The summed E-state index contributed by atoms with van der Waals surface area (Å²) in [4.78, 5) is 1.33. The normalized spacial score (nSPS) is 21.5. The van der Waals surface area contributed by atoms with Crippen LogP contribution in [0.25, 0.3) is 0 Å². The molecule has 1 saturated heterocycles. The average molecular weight is 393 g/mol. The summed E-state index contributed by atoms with van der Waals surface area (Å²) in [7, 11) is -0.767. The molecule has 0 aliphatic carbocycles. The number of sulfone groups is 1. The maximum Gasteiger partial charge on any atom is 0.231 e. The molecule has 2 aromatic rings. The number of ether oxygens (including phenoxy) is 2. The summed E-state index contributed by atoms with van der Waals surface area (Å²) in [6.45, 7) is 6.05. The van der Waals surface area contributed by atoms with E-state index in [9.17, 15) is 8.42 Å². The standard InChI is InChI=1S/C19H25N3O4S/c1-13-17(14(2)22(20-13)16-6-7-27(23,24)11-16)10-21(3)9-15-4-5-18-19(8-15)26-12-25-18/h4-5,8,16H,6-7,9-12H2,1-3H3/p+1/t16-/m1/s1. The smallest absolute Gasteiger partial charge is 0.231 e. The average Bonchev–Trinajstić information content (AvgIpc) is 3.28. The zero-order valence-electron chi connectivity index (χ0n) is 16.0. The van der Waals surface area contributed by atoms with Crippen LogP contribution in [0.15, 0.2) is 18.2 Å². The lowest BCUT2D eigenvalue weighted by Crippen LogP contribution is -3.06. The molecule has 1 aromatic heterocycles. The van der Waals surface area contributed by atoms with Gasteiger partial charge in [0.15, 0.2) is 21.3 Å². The lowest BCUT2D eigenvalue weighted by molar-refractivity contribution is -0.907. The minimum atomic E-state index is -2.92. The van der Waals surface area contributed by atoms with Gasteiger partial charge in [-0.2, -0.15) is 5.10 Å². The Hall–Kier alpha value is -2.06. The molecule has 0 saturated carbocycles. The van der Waals surface area contributed by atoms with Crippen molar-refractivity contribution in [2.75, 3.05) is 25.3 Å². The van der Waals surface area contributed by atoms with Gasteiger partial charge in [0.25, 0.3) is 0 Å². The Bertz CT molecular complexity index is 968. The summed E-state index contributed by atoms with van der Waals surface area (Å²) < 4.78 is 36.4. The van der Waals surface area contributed by atoms with Gasteiger partial charge < -0.3 is 14.4 Å². The third kappa shape index (κ3) is 3.68. The maximum absolute atomic E-state index is 11.8. The zero-order valence-corrected chi connectivity index (χ0v) is 16.8. The van der Waals surface area contributed by atoms with Crippen LogP contribution in [0.4, 0.5) is 0 Å². The Morgan fingerprint density at radius 2 is 2.00 bits per heavy atom. The first-order valence-electron chi connectivity index (χ1n) is 9.27. The monoisotopic (exact) mass is 392 g/mol. The van der Waals surface area contributed by atoms with Crippen LogP contribution in [0.5, 0.6) is 11.5 Å². The fourth-order valence-electron chi connectivity index (χ4n) is 4.04. The van der Waals surface area contributed by atoms with Gasteiger partial charge in [-0.1, -0.05) is 0 Å². The molecule has 27 heavy (non-hydrogen) atoms. The van der Waals surface area contributed by atoms with Crippen LogP contribution in [-0.2, 0) is 22.9 Å². The number of aromatic nitrogens is 2. The van der Waals surface area contributed by atoms with Crippen LogP contribution < -0.4 is 14.4 Å². The molecule has 1 aromatic carbocycles. The number of nitrogens with zero attached hydrogens (tertiary/aromatic N) is 2. The number of quaternary nitrogens is 1. The number of fused-ring (bicyclic) bond motifs is 1. The van der Waals surface area contributed by atoms with E-state index >= 15 is 0 Å². The van der Waals surface area contributed by atoms with Crippen molar-refractivity contribution >= 4 is 9.84 Å². The van der Waals surface area contributed by atoms with Crippen LogP contribution in [0.2, 0.25) is 0 Å². The van der Waals surface area contributed by atoms with Gasteiger partial charge >= 0.3 is 0 Å². The first-order valence-corrected chi connectivity index (χ1v) is 11.1. The van der Waals surface area contributed by atoms with Crippen LogP contribution in [0.1, 0.15) is 35.0 Å². The van der Waals surface area contributed by atoms with Crippen molar-refractivity contribution in [1.82, 2.24) is 9.78 Å². The first kappa shape index (κ1) is 18.3. The minimum absolute atomic E-state index is 0.0309. The molecule has 7 nitrogen and oxygen atoms in total. The van der Waals surface area contributed by atoms with Gasteiger partial charge in [0.05, 0.1) is 35.9 Å². The predicted octanol–water partition coefficient (Wildman–Crippen LogP) is 0.803. The summed E-state index contributed by atoms with van der Waals surface area (Å²) >= 11 is 0. The second kappa shape index (κ2) is 6.83. The molecule has 0 bridgehead atoms. The number of rotatable bonds is 5. The summed E-state index contributed by atoms with van der Waals surface area (Å²) in [5, 5.41) is 4.67. The Morgan fingerprint density at radius 3 is 2.74 bits per heavy atom. The van der Waals surface area contributed by atoms with Crippen molar-refractivity contribution in [2.45, 2.75) is 39.4 Å². The molecule has 1 N–H and O–H groups in total. The summed E-state index contributed by atoms with van der Waals surface area (Å²) in [6, 6.07) is 6.04. The van der Waals surface area contributed by atoms with Gasteiger partial charge in [-0.25, -0.2) is 8.42 Å². The first-order chi connectivity index (χ1) is 12.8. The fourth-order valence-corrected chi connectivity index (χ4v) is 5.73. The third-order valence-corrected chi connectivity index (χ3v) is 7.20. The minimum Gasteiger partial charge on any atom is -0.454 e. The molecular weight excluding hydrogens is 366 g/mol. The third-order valence-electron chi connectivity index (χ3n) is 5.45. The highest BCUT2D eigenvalue weighted by Crippen LogP contribution is 2.32. The molecule has 3 heterocycles. The van der Waals surface area contributed by atoms with Crippen molar-refractivity contribution in [3.8, 4) is 11.5 Å². The van der Waals surface area contributed by atoms with Gasteiger partial charge in [0.1, 0.15) is 13.1 Å². The number of nitrogens with one attached hydrogen (secondary N) is 1. The van der Waals surface area contributed by atoms with Gasteiger partial charge in [0.2, 0.25) is 6.79 Å². The molecule has 2 atom stereocenters. The highest BCUT2D eigenvalue weighted by Gasteiger charge is 2.31. The highest BCUT2D eigenvalue weighted by molar-refractivity contribution is 7.91. The Morgan fingerprint density at radius 1 is 1.22 bits per heavy atom. The predicted molar refractivity (Wildman–Crippen MR) is 101 cm³/mol. The molecular formula is C19H26N3O4S+. The summed E-state index contributed by atoms with van der Waals surface area (Å²) in [5.41, 5.74) is 4.47. The second-order valence-electron chi connectivity index (χ2n) is 7.65. The fraction of sp³-hybridized carbons (Fsp3) is 0.526. The molecule has 2 aliphatic heterocycles. The van der Waals surface area contributed by atoms with Crippen molar-refractivity contribution in [3.63, 3.8) is 0 Å². The number of aryl methyl sites for hydroxylation is 1. The van der Waals surface area contributed by atoms with Gasteiger partial charge in [-0.15, -0.1) is 0 Å². The van der Waals surface area contributed by atoms with E-state index in [2.05, 4.69) is 18.2 Å². The van der Waals surface area contributed by atoms with E-state index in [1.807, 2.05) is 30.7 Å². The molecule has 146 valence electrons. The molecule has 0 amide bonds. The summed E-state index contributed by atoms with van der Waals surface area (Å²) in [5.74, 6) is 2.08. The van der Waals surface area contributed by atoms with Crippen molar-refractivity contribution in [3.05, 3.63) is 40.7 Å². The molecule has 0 radical (unpaired) electrons. The zero-order chi connectivity index (χ0) is 19.2. The number of benzene rings is 1. The summed E-state index contributed by atoms with van der Waals surface area (Å²) in [6.07, 6.45) is 0.656. The van der Waals surface area contributed by atoms with Crippen LogP contribution in [0, 0.1) is 13.8 Å². The Kier molecular flexibility index (Phi) is 4.63. The quantitative estimate of drug-likeness (QED) is 0.815. The van der Waals surface area contributed by atoms with E-state index in [0.29, 0.717) is 6.42 Å². The SMILES string of the molecule is Cc1nn([C@@H]2CCS(=O)(=O)C2)c(C)c1C[NH+](C)Cc1ccc2c(c1)OCO2. The van der Waals surface area contributed by atoms with E-state index in [1.54, 1.807) is 0 Å². The second-order valence-corrected chi connectivity index (χ2v) is 9.88. The van der Waals surface area contributed by atoms with Crippen molar-refractivity contribution < 1.29 is 22.8 Å². The van der Waals surface area contributed by atoms with Gasteiger partial charge in [-0.3, -0.25) is 4.68 Å². The van der Waals surface area contributed by atoms with Crippen LogP contribution in [-0.4, -0.2) is 43.5 Å². The van der Waals surface area contributed by atoms with Gasteiger partial charge in [0, 0.05) is 11.3 Å². The van der Waals surface area contributed by atoms with E-state index in [4.69, 9.17) is 9.47 Å². The van der Waals surface area contributed by atoms with Crippen molar-refractivity contribution in [1.29, 1.82) is 0 Å². The molecule has 0 spiro atoms. The van der Waals surface area contributed by atoms with Crippen LogP contribution in [0.3, 0.4) is 0 Å². The number of hydrogen-bond donors (Lipinski definition) is 1. The Balaban J connectivity index is 1.47. The largest absolute Gasteiger partial charge is 0.454 e. The van der Waals surface area contributed by atoms with E-state index in [1.165, 1.54) is 16.0 Å². The molecule has 1 fully saturated rings. The Labute approximate surface area is 159 Å². The van der Waals surface area contributed by atoms with Gasteiger partial charge in [-0.05, 0) is 38.5 Å². The highest BCUT2D eigenvalue weighted by atomic mass is 32.2. The van der Waals surface area contributed by atoms with E-state index in [-0.39, 0.29) is 24.3 Å². The lowest BCUT2D eigenvalue weighted by atomic mass is 10.1.